The van der Waals surface area contributed by atoms with Crippen LogP contribution in [0.5, 0.6) is 0 Å². The first-order valence-electron chi connectivity index (χ1n) is 7.88. The standard InChI is InChI=1S/C18H16O6/c1-3-6-13-18-15(20)11-8-5-4-7-10(11)14(19)17(18,24-18)9-12(23-13)16(21)22-2/h4-5,7-9,13H,3,6H2,1-2H3. The molecule has 3 aliphatic rings. The molecule has 1 fully saturated rings. The molecule has 2 aliphatic heterocycles. The average Bonchev–Trinajstić information content (AvgIpc) is 3.32. The predicted octanol–water partition coefficient (Wildman–Crippen LogP) is 1.83. The van der Waals surface area contributed by atoms with Gasteiger partial charge in [-0.2, -0.15) is 0 Å². The Bertz CT molecular complexity index is 809. The number of carbonyl (C=O) groups is 3. The molecule has 4 rings (SSSR count). The largest absolute Gasteiger partial charge is 0.480 e. The van der Waals surface area contributed by atoms with Crippen molar-refractivity contribution in [2.45, 2.75) is 37.1 Å². The van der Waals surface area contributed by atoms with Gasteiger partial charge in [0.05, 0.1) is 7.11 Å². The second-order valence-electron chi connectivity index (χ2n) is 6.17. The highest BCUT2D eigenvalue weighted by Gasteiger charge is 2.85. The molecule has 0 aromatic heterocycles. The third-order valence-corrected chi connectivity index (χ3v) is 4.92. The molecular formula is C18H16O6. The number of ether oxygens (including phenoxy) is 3. The van der Waals surface area contributed by atoms with Crippen LogP contribution in [0.4, 0.5) is 0 Å². The third-order valence-electron chi connectivity index (χ3n) is 4.92. The van der Waals surface area contributed by atoms with Crippen molar-refractivity contribution in [3.05, 3.63) is 47.2 Å². The summed E-state index contributed by atoms with van der Waals surface area (Å²) in [4.78, 5) is 38.0. The lowest BCUT2D eigenvalue weighted by Crippen LogP contribution is -2.54. The van der Waals surface area contributed by atoms with E-state index >= 15 is 0 Å². The smallest absolute Gasteiger partial charge is 0.373 e. The van der Waals surface area contributed by atoms with Crippen LogP contribution in [0.3, 0.4) is 0 Å². The fraction of sp³-hybridized carbons (Fsp3) is 0.389. The molecule has 1 aromatic rings. The van der Waals surface area contributed by atoms with Crippen LogP contribution in [0, 0.1) is 0 Å². The van der Waals surface area contributed by atoms with Crippen molar-refractivity contribution in [2.24, 2.45) is 0 Å². The molecule has 0 radical (unpaired) electrons. The Morgan fingerprint density at radius 3 is 2.50 bits per heavy atom. The molecule has 1 aromatic carbocycles. The summed E-state index contributed by atoms with van der Waals surface area (Å²) in [5.41, 5.74) is -2.17. The summed E-state index contributed by atoms with van der Waals surface area (Å²) in [5.74, 6) is -1.35. The van der Waals surface area contributed by atoms with Gasteiger partial charge in [0, 0.05) is 17.2 Å². The van der Waals surface area contributed by atoms with Crippen LogP contribution in [0.1, 0.15) is 40.5 Å². The fourth-order valence-corrected chi connectivity index (χ4v) is 3.78. The van der Waals surface area contributed by atoms with Crippen LogP contribution in [-0.2, 0) is 19.0 Å². The summed E-state index contributed by atoms with van der Waals surface area (Å²) in [6, 6.07) is 6.64. The van der Waals surface area contributed by atoms with E-state index in [0.29, 0.717) is 24.0 Å². The minimum Gasteiger partial charge on any atom is -0.480 e. The summed E-state index contributed by atoms with van der Waals surface area (Å²) in [7, 11) is 1.23. The summed E-state index contributed by atoms with van der Waals surface area (Å²) in [6.45, 7) is 1.93. The topological polar surface area (TPSA) is 82.2 Å². The molecule has 0 N–H and O–H groups in total. The minimum absolute atomic E-state index is 0.0791. The van der Waals surface area contributed by atoms with Gasteiger partial charge in [-0.25, -0.2) is 4.79 Å². The monoisotopic (exact) mass is 328 g/mol. The first-order valence-corrected chi connectivity index (χ1v) is 7.88. The maximum absolute atomic E-state index is 13.1. The van der Waals surface area contributed by atoms with E-state index < -0.39 is 23.3 Å². The van der Waals surface area contributed by atoms with Crippen molar-refractivity contribution in [3.8, 4) is 0 Å². The first-order chi connectivity index (χ1) is 11.5. The molecule has 124 valence electrons. The second-order valence-corrected chi connectivity index (χ2v) is 6.17. The normalized spacial score (nSPS) is 32.8. The first kappa shape index (κ1) is 15.1. The lowest BCUT2D eigenvalue weighted by molar-refractivity contribution is -0.142. The molecule has 1 saturated heterocycles. The lowest BCUT2D eigenvalue weighted by Gasteiger charge is -2.33. The quantitative estimate of drug-likeness (QED) is 0.622. The van der Waals surface area contributed by atoms with Crippen molar-refractivity contribution >= 4 is 17.5 Å². The Morgan fingerprint density at radius 1 is 1.21 bits per heavy atom. The summed E-state index contributed by atoms with van der Waals surface area (Å²) < 4.78 is 16.2. The highest BCUT2D eigenvalue weighted by atomic mass is 16.7. The highest BCUT2D eigenvalue weighted by Crippen LogP contribution is 2.62. The van der Waals surface area contributed by atoms with E-state index in [9.17, 15) is 14.4 Å². The van der Waals surface area contributed by atoms with Gasteiger partial charge in [-0.05, 0) is 6.42 Å². The fourth-order valence-electron chi connectivity index (χ4n) is 3.78. The van der Waals surface area contributed by atoms with Gasteiger partial charge in [0.15, 0.2) is 5.60 Å². The zero-order valence-corrected chi connectivity index (χ0v) is 13.3. The molecule has 3 unspecified atom stereocenters. The van der Waals surface area contributed by atoms with Crippen molar-refractivity contribution < 1.29 is 28.6 Å². The zero-order valence-electron chi connectivity index (χ0n) is 13.3. The van der Waals surface area contributed by atoms with Crippen LogP contribution < -0.4 is 0 Å². The Morgan fingerprint density at radius 2 is 1.88 bits per heavy atom. The van der Waals surface area contributed by atoms with Gasteiger partial charge in [-0.15, -0.1) is 0 Å². The minimum atomic E-state index is -1.46. The summed E-state index contributed by atoms with van der Waals surface area (Å²) in [6.07, 6.45) is 1.80. The van der Waals surface area contributed by atoms with E-state index in [2.05, 4.69) is 0 Å². The average molecular weight is 328 g/mol. The molecule has 0 saturated carbocycles. The van der Waals surface area contributed by atoms with Crippen molar-refractivity contribution in [1.29, 1.82) is 0 Å². The molecule has 6 nitrogen and oxygen atoms in total. The van der Waals surface area contributed by atoms with Gasteiger partial charge >= 0.3 is 5.97 Å². The highest BCUT2D eigenvalue weighted by molar-refractivity contribution is 6.26. The lowest BCUT2D eigenvalue weighted by atomic mass is 9.69. The van der Waals surface area contributed by atoms with Crippen LogP contribution in [0.15, 0.2) is 36.1 Å². The third kappa shape index (κ3) is 1.56. The summed E-state index contributed by atoms with van der Waals surface area (Å²) in [5, 5.41) is 0. The SMILES string of the molecule is CCCC1OC(C(=O)OC)=CC23OC12C(=O)c1ccccc1C3=O. The maximum atomic E-state index is 13.1. The number of Topliss-reactive ketones (excluding diaryl/α,β-unsaturated/α-hetero) is 2. The molecule has 6 heteroatoms. The molecule has 3 atom stereocenters. The van der Waals surface area contributed by atoms with Gasteiger partial charge < -0.3 is 14.2 Å². The van der Waals surface area contributed by atoms with Crippen LogP contribution in [0.2, 0.25) is 0 Å². The number of rotatable bonds is 3. The molecule has 0 spiro atoms. The van der Waals surface area contributed by atoms with Gasteiger partial charge in [-0.3, -0.25) is 9.59 Å². The zero-order chi connectivity index (χ0) is 17.1. The number of fused-ring (bicyclic) bond motifs is 1. The number of ketones is 2. The molecule has 24 heavy (non-hydrogen) atoms. The van der Waals surface area contributed by atoms with Gasteiger partial charge in [-0.1, -0.05) is 37.6 Å². The van der Waals surface area contributed by atoms with E-state index in [-0.39, 0.29) is 17.3 Å². The van der Waals surface area contributed by atoms with Crippen molar-refractivity contribution in [2.75, 3.05) is 7.11 Å². The molecule has 2 heterocycles. The number of methoxy groups -OCH3 is 1. The van der Waals surface area contributed by atoms with E-state index in [4.69, 9.17) is 14.2 Å². The van der Waals surface area contributed by atoms with E-state index in [0.717, 1.165) is 0 Å². The molecule has 0 amide bonds. The van der Waals surface area contributed by atoms with Gasteiger partial charge in [0.1, 0.15) is 6.10 Å². The van der Waals surface area contributed by atoms with Crippen molar-refractivity contribution in [1.82, 2.24) is 0 Å². The second kappa shape index (κ2) is 4.77. The van der Waals surface area contributed by atoms with Crippen molar-refractivity contribution in [3.63, 3.8) is 0 Å². The number of esters is 1. The Kier molecular flexibility index (Phi) is 3.00. The predicted molar refractivity (Wildman–Crippen MR) is 81.5 cm³/mol. The van der Waals surface area contributed by atoms with E-state index in [1.165, 1.54) is 13.2 Å². The molecular weight excluding hydrogens is 312 g/mol. The molecule has 0 bridgehead atoms. The number of hydrogen-bond acceptors (Lipinski definition) is 6. The van der Waals surface area contributed by atoms with Crippen LogP contribution in [-0.4, -0.2) is 42.0 Å². The number of carbonyl (C=O) groups excluding carboxylic acids is 3. The summed E-state index contributed by atoms with van der Waals surface area (Å²) >= 11 is 0. The molecule has 1 aliphatic carbocycles. The van der Waals surface area contributed by atoms with Gasteiger partial charge in [0.25, 0.3) is 0 Å². The van der Waals surface area contributed by atoms with Crippen LogP contribution in [0.25, 0.3) is 0 Å². The number of hydrogen-bond donors (Lipinski definition) is 0. The van der Waals surface area contributed by atoms with E-state index in [1.54, 1.807) is 24.3 Å². The Balaban J connectivity index is 1.92. The number of benzene rings is 1. The van der Waals surface area contributed by atoms with E-state index in [1.807, 2.05) is 6.92 Å². The Hall–Kier alpha value is -2.47. The van der Waals surface area contributed by atoms with Gasteiger partial charge in [0.2, 0.25) is 22.9 Å². The van der Waals surface area contributed by atoms with Crippen LogP contribution >= 0.6 is 0 Å². The maximum Gasteiger partial charge on any atom is 0.373 e. The Labute approximate surface area is 138 Å². The number of epoxide rings is 1.